The van der Waals surface area contributed by atoms with E-state index in [1.165, 1.54) is 0 Å². The summed E-state index contributed by atoms with van der Waals surface area (Å²) in [5.74, 6) is 0.402. The van der Waals surface area contributed by atoms with E-state index in [1.807, 2.05) is 20.8 Å². The van der Waals surface area contributed by atoms with E-state index in [1.54, 1.807) is 0 Å². The van der Waals surface area contributed by atoms with Gasteiger partial charge < -0.3 is 20.5 Å². The van der Waals surface area contributed by atoms with Crippen LogP contribution in [0.3, 0.4) is 0 Å². The topological polar surface area (TPSA) is 70.6 Å². The molecule has 0 aliphatic heterocycles. The summed E-state index contributed by atoms with van der Waals surface area (Å²) in [6.45, 7) is 7.87. The number of ether oxygens (including phenoxy) is 1. The van der Waals surface area contributed by atoms with Crippen molar-refractivity contribution in [3.05, 3.63) is 0 Å². The van der Waals surface area contributed by atoms with E-state index in [4.69, 9.17) is 4.74 Å². The number of aliphatic hydroxyl groups is 1. The van der Waals surface area contributed by atoms with Crippen LogP contribution < -0.4 is 10.6 Å². The summed E-state index contributed by atoms with van der Waals surface area (Å²) < 4.78 is 5.14. The van der Waals surface area contributed by atoms with Crippen molar-refractivity contribution in [2.45, 2.75) is 58.2 Å². The minimum absolute atomic E-state index is 0.132. The van der Waals surface area contributed by atoms with Crippen LogP contribution in [0.4, 0.5) is 4.79 Å². The van der Waals surface area contributed by atoms with E-state index in [9.17, 15) is 9.90 Å². The van der Waals surface area contributed by atoms with E-state index < -0.39 is 5.60 Å². The van der Waals surface area contributed by atoms with Crippen LogP contribution in [0.25, 0.3) is 0 Å². The Morgan fingerprint density at radius 1 is 1.32 bits per heavy atom. The third-order valence-corrected chi connectivity index (χ3v) is 3.22. The van der Waals surface area contributed by atoms with Gasteiger partial charge in [0.25, 0.3) is 0 Å². The van der Waals surface area contributed by atoms with E-state index in [2.05, 4.69) is 10.6 Å². The lowest BCUT2D eigenvalue weighted by molar-refractivity contribution is 0.0527. The molecule has 0 aromatic heterocycles. The molecule has 1 aliphatic rings. The lowest BCUT2D eigenvalue weighted by atomic mass is 10.1. The molecule has 0 bridgehead atoms. The van der Waals surface area contributed by atoms with Gasteiger partial charge in [0.2, 0.25) is 0 Å². The van der Waals surface area contributed by atoms with Crippen molar-refractivity contribution < 1.29 is 14.6 Å². The molecule has 5 nitrogen and oxygen atoms in total. The van der Waals surface area contributed by atoms with E-state index in [-0.39, 0.29) is 12.2 Å². The maximum atomic E-state index is 11.4. The Hall–Kier alpha value is -0.810. The minimum atomic E-state index is -0.444. The number of aliphatic hydroxyl groups excluding tert-OH is 1. The highest BCUT2D eigenvalue weighted by Crippen LogP contribution is 2.24. The van der Waals surface area contributed by atoms with Gasteiger partial charge in [0, 0.05) is 13.1 Å². The van der Waals surface area contributed by atoms with E-state index in [0.717, 1.165) is 38.8 Å². The summed E-state index contributed by atoms with van der Waals surface area (Å²) in [5.41, 5.74) is -0.444. The Labute approximate surface area is 116 Å². The quantitative estimate of drug-likeness (QED) is 0.643. The third kappa shape index (κ3) is 7.38. The predicted octanol–water partition coefficient (Wildman–Crippen LogP) is 1.65. The average Bonchev–Trinajstić information content (AvgIpc) is 2.67. The molecular weight excluding hydrogens is 244 g/mol. The largest absolute Gasteiger partial charge is 0.444 e. The predicted molar refractivity (Wildman–Crippen MR) is 75.1 cm³/mol. The van der Waals surface area contributed by atoms with Crippen molar-refractivity contribution in [3.63, 3.8) is 0 Å². The molecule has 0 heterocycles. The number of rotatable bonds is 6. The van der Waals surface area contributed by atoms with E-state index in [0.29, 0.717) is 12.5 Å². The normalized spacial score (nSPS) is 23.4. The van der Waals surface area contributed by atoms with Crippen molar-refractivity contribution in [2.24, 2.45) is 5.92 Å². The number of carbonyl (C=O) groups is 1. The molecule has 1 saturated carbocycles. The van der Waals surface area contributed by atoms with Crippen molar-refractivity contribution in [1.29, 1.82) is 0 Å². The number of alkyl carbamates (subject to hydrolysis) is 1. The third-order valence-electron chi connectivity index (χ3n) is 3.22. The summed E-state index contributed by atoms with van der Waals surface area (Å²) in [6, 6.07) is 0. The Morgan fingerprint density at radius 2 is 2.05 bits per heavy atom. The first kappa shape index (κ1) is 16.2. The summed E-state index contributed by atoms with van der Waals surface area (Å²) in [4.78, 5) is 11.4. The van der Waals surface area contributed by atoms with Gasteiger partial charge in [-0.05, 0) is 52.5 Å². The molecule has 19 heavy (non-hydrogen) atoms. The fourth-order valence-corrected chi connectivity index (χ4v) is 2.26. The highest BCUT2D eigenvalue weighted by Gasteiger charge is 2.24. The summed E-state index contributed by atoms with van der Waals surface area (Å²) in [5, 5.41) is 15.7. The molecule has 0 aromatic carbocycles. The Morgan fingerprint density at radius 3 is 2.63 bits per heavy atom. The summed E-state index contributed by atoms with van der Waals surface area (Å²) in [7, 11) is 0. The fourth-order valence-electron chi connectivity index (χ4n) is 2.26. The van der Waals surface area contributed by atoms with Crippen LogP contribution in [-0.4, -0.2) is 42.5 Å². The lowest BCUT2D eigenvalue weighted by Gasteiger charge is -2.19. The van der Waals surface area contributed by atoms with Crippen LogP contribution in [0, 0.1) is 5.92 Å². The number of hydrogen-bond donors (Lipinski definition) is 3. The zero-order valence-corrected chi connectivity index (χ0v) is 12.4. The first-order chi connectivity index (χ1) is 8.88. The SMILES string of the molecule is CC(C)(C)OC(=O)NCCCNCC1CCCC1O. The number of hydrogen-bond acceptors (Lipinski definition) is 4. The second kappa shape index (κ2) is 7.70. The van der Waals surface area contributed by atoms with Gasteiger partial charge in [-0.2, -0.15) is 0 Å². The van der Waals surface area contributed by atoms with Crippen LogP contribution in [0.2, 0.25) is 0 Å². The monoisotopic (exact) mass is 272 g/mol. The van der Waals surface area contributed by atoms with Gasteiger partial charge in [0.05, 0.1) is 6.10 Å². The molecule has 112 valence electrons. The molecule has 0 spiro atoms. The lowest BCUT2D eigenvalue weighted by Crippen LogP contribution is -2.34. The van der Waals surface area contributed by atoms with Crippen LogP contribution >= 0.6 is 0 Å². The Bertz CT molecular complexity index is 276. The Balaban J connectivity index is 1.95. The molecule has 3 N–H and O–H groups in total. The van der Waals surface area contributed by atoms with Gasteiger partial charge in [-0.25, -0.2) is 4.79 Å². The maximum Gasteiger partial charge on any atom is 0.407 e. The van der Waals surface area contributed by atoms with Crippen molar-refractivity contribution in [3.8, 4) is 0 Å². The molecule has 0 aromatic rings. The van der Waals surface area contributed by atoms with E-state index >= 15 is 0 Å². The number of amides is 1. The summed E-state index contributed by atoms with van der Waals surface area (Å²) >= 11 is 0. The van der Waals surface area contributed by atoms with Gasteiger partial charge in [0.1, 0.15) is 5.60 Å². The van der Waals surface area contributed by atoms with Crippen LogP contribution in [0.15, 0.2) is 0 Å². The van der Waals surface area contributed by atoms with Gasteiger partial charge >= 0.3 is 6.09 Å². The molecule has 5 heteroatoms. The smallest absolute Gasteiger partial charge is 0.407 e. The highest BCUT2D eigenvalue weighted by molar-refractivity contribution is 5.67. The fraction of sp³-hybridized carbons (Fsp3) is 0.929. The molecule has 2 unspecified atom stereocenters. The molecule has 1 aliphatic carbocycles. The van der Waals surface area contributed by atoms with Gasteiger partial charge in [-0.15, -0.1) is 0 Å². The molecule has 1 amide bonds. The first-order valence-electron chi connectivity index (χ1n) is 7.24. The zero-order valence-electron chi connectivity index (χ0n) is 12.4. The minimum Gasteiger partial charge on any atom is -0.444 e. The molecular formula is C14H28N2O3. The zero-order chi connectivity index (χ0) is 14.3. The highest BCUT2D eigenvalue weighted by atomic mass is 16.6. The van der Waals surface area contributed by atoms with Crippen molar-refractivity contribution >= 4 is 6.09 Å². The van der Waals surface area contributed by atoms with Gasteiger partial charge in [-0.3, -0.25) is 0 Å². The summed E-state index contributed by atoms with van der Waals surface area (Å²) in [6.07, 6.45) is 3.55. The Kier molecular flexibility index (Phi) is 6.58. The van der Waals surface area contributed by atoms with Crippen molar-refractivity contribution in [2.75, 3.05) is 19.6 Å². The maximum absolute atomic E-state index is 11.4. The van der Waals surface area contributed by atoms with Gasteiger partial charge in [0.15, 0.2) is 0 Å². The average molecular weight is 272 g/mol. The van der Waals surface area contributed by atoms with Gasteiger partial charge in [-0.1, -0.05) is 6.42 Å². The second-order valence-electron chi connectivity index (χ2n) is 6.24. The van der Waals surface area contributed by atoms with Crippen molar-refractivity contribution in [1.82, 2.24) is 10.6 Å². The first-order valence-corrected chi connectivity index (χ1v) is 7.24. The number of carbonyl (C=O) groups excluding carboxylic acids is 1. The van der Waals surface area contributed by atoms with Crippen LogP contribution in [-0.2, 0) is 4.74 Å². The van der Waals surface area contributed by atoms with Crippen LogP contribution in [0.1, 0.15) is 46.5 Å². The van der Waals surface area contributed by atoms with Crippen LogP contribution in [0.5, 0.6) is 0 Å². The molecule has 0 saturated heterocycles. The molecule has 1 fully saturated rings. The number of nitrogens with one attached hydrogen (secondary N) is 2. The molecule has 2 atom stereocenters. The second-order valence-corrected chi connectivity index (χ2v) is 6.24. The molecule has 1 rings (SSSR count). The molecule has 0 radical (unpaired) electrons. The standard InChI is InChI=1S/C14H28N2O3/c1-14(2,3)19-13(18)16-9-5-8-15-10-11-6-4-7-12(11)17/h11-12,15,17H,4-10H2,1-3H3,(H,16,18).